The summed E-state index contributed by atoms with van der Waals surface area (Å²) < 4.78 is 1.72. The molecule has 1 N–H and O–H groups in total. The number of aromatic carboxylic acids is 1. The lowest BCUT2D eigenvalue weighted by atomic mass is 10.0. The molecule has 0 unspecified atom stereocenters. The molecule has 4 nitrogen and oxygen atoms in total. The molecule has 0 spiro atoms. The van der Waals surface area contributed by atoms with Crippen LogP contribution in [-0.4, -0.2) is 15.6 Å². The second-order valence-corrected chi connectivity index (χ2v) is 5.48. The van der Waals surface area contributed by atoms with Crippen LogP contribution < -0.4 is 5.56 Å². The van der Waals surface area contributed by atoms with Crippen LogP contribution in [0.2, 0.25) is 0 Å². The number of hydrogen-bond acceptors (Lipinski definition) is 2. The van der Waals surface area contributed by atoms with Gasteiger partial charge in [-0.2, -0.15) is 0 Å². The minimum absolute atomic E-state index is 0.0841. The van der Waals surface area contributed by atoms with Gasteiger partial charge in [-0.25, -0.2) is 4.79 Å². The molecule has 0 aliphatic carbocycles. The van der Waals surface area contributed by atoms with Crippen molar-refractivity contribution in [3.63, 3.8) is 0 Å². The van der Waals surface area contributed by atoms with Crippen LogP contribution in [0, 0.1) is 0 Å². The average Bonchev–Trinajstić information content (AvgIpc) is 2.57. The number of benzene rings is 2. The summed E-state index contributed by atoms with van der Waals surface area (Å²) in [7, 11) is 0. The fourth-order valence-electron chi connectivity index (χ4n) is 2.85. The minimum Gasteiger partial charge on any atom is -0.478 e. The SMILES string of the molecule is CCc1cc(C(=O)O)cc2ccc(=O)n(Cc3ccccc3)c12. The van der Waals surface area contributed by atoms with Crippen LogP contribution in [0.15, 0.2) is 59.4 Å². The Morgan fingerprint density at radius 3 is 2.48 bits per heavy atom. The molecule has 116 valence electrons. The van der Waals surface area contributed by atoms with E-state index in [4.69, 9.17) is 0 Å². The average molecular weight is 307 g/mol. The van der Waals surface area contributed by atoms with E-state index in [-0.39, 0.29) is 11.1 Å². The molecular weight excluding hydrogens is 290 g/mol. The maximum Gasteiger partial charge on any atom is 0.335 e. The van der Waals surface area contributed by atoms with Gasteiger partial charge in [0.15, 0.2) is 0 Å². The number of aryl methyl sites for hydroxylation is 1. The minimum atomic E-state index is -0.956. The maximum absolute atomic E-state index is 12.4. The van der Waals surface area contributed by atoms with E-state index in [1.807, 2.05) is 37.3 Å². The highest BCUT2D eigenvalue weighted by atomic mass is 16.4. The van der Waals surface area contributed by atoms with E-state index in [0.29, 0.717) is 13.0 Å². The molecular formula is C19H17NO3. The number of hydrogen-bond donors (Lipinski definition) is 1. The number of rotatable bonds is 4. The van der Waals surface area contributed by atoms with Crippen molar-refractivity contribution in [2.45, 2.75) is 19.9 Å². The third-order valence-corrected chi connectivity index (χ3v) is 3.97. The first-order valence-corrected chi connectivity index (χ1v) is 7.54. The summed E-state index contributed by atoms with van der Waals surface area (Å²) in [6.07, 6.45) is 0.663. The van der Waals surface area contributed by atoms with Crippen molar-refractivity contribution in [2.24, 2.45) is 0 Å². The lowest BCUT2D eigenvalue weighted by molar-refractivity contribution is 0.0697. The normalized spacial score (nSPS) is 10.8. The van der Waals surface area contributed by atoms with Gasteiger partial charge in [0.25, 0.3) is 5.56 Å². The van der Waals surface area contributed by atoms with Gasteiger partial charge in [0.05, 0.1) is 17.6 Å². The standard InChI is InChI=1S/C19H17NO3/c1-2-14-10-16(19(22)23)11-15-8-9-17(21)20(18(14)15)12-13-6-4-3-5-7-13/h3-11H,2,12H2,1H3,(H,22,23). The van der Waals surface area contributed by atoms with Gasteiger partial charge in [0.1, 0.15) is 0 Å². The van der Waals surface area contributed by atoms with Crippen molar-refractivity contribution in [1.29, 1.82) is 0 Å². The lowest BCUT2D eigenvalue weighted by Gasteiger charge is -2.14. The zero-order valence-corrected chi connectivity index (χ0v) is 12.8. The van der Waals surface area contributed by atoms with E-state index in [0.717, 1.165) is 22.0 Å². The summed E-state index contributed by atoms with van der Waals surface area (Å²) in [5, 5.41) is 10.0. The summed E-state index contributed by atoms with van der Waals surface area (Å²) in [4.78, 5) is 23.7. The Kier molecular flexibility index (Phi) is 3.98. The number of carboxylic acid groups (broad SMARTS) is 1. The Bertz CT molecular complexity index is 926. The van der Waals surface area contributed by atoms with Crippen LogP contribution in [-0.2, 0) is 13.0 Å². The second kappa shape index (κ2) is 6.08. The molecule has 1 heterocycles. The van der Waals surface area contributed by atoms with Crippen LogP contribution in [0.25, 0.3) is 10.9 Å². The van der Waals surface area contributed by atoms with Crippen molar-refractivity contribution in [3.05, 3.63) is 81.6 Å². The van der Waals surface area contributed by atoms with Crippen LogP contribution in [0.4, 0.5) is 0 Å². The van der Waals surface area contributed by atoms with E-state index >= 15 is 0 Å². The summed E-state index contributed by atoms with van der Waals surface area (Å²) in [6, 6.07) is 16.2. The molecule has 1 aromatic heterocycles. The Hall–Kier alpha value is -2.88. The largest absolute Gasteiger partial charge is 0.478 e. The summed E-state index contributed by atoms with van der Waals surface area (Å²) >= 11 is 0. The van der Waals surface area contributed by atoms with Gasteiger partial charge in [0.2, 0.25) is 0 Å². The Labute approximate surface area is 133 Å². The van der Waals surface area contributed by atoms with E-state index in [9.17, 15) is 14.7 Å². The Morgan fingerprint density at radius 1 is 1.09 bits per heavy atom. The van der Waals surface area contributed by atoms with Gasteiger partial charge in [-0.3, -0.25) is 4.79 Å². The molecule has 0 fully saturated rings. The number of carbonyl (C=O) groups is 1. The maximum atomic E-state index is 12.4. The lowest BCUT2D eigenvalue weighted by Crippen LogP contribution is -2.21. The number of carboxylic acids is 1. The predicted molar refractivity (Wildman–Crippen MR) is 90.1 cm³/mol. The fraction of sp³-hybridized carbons (Fsp3) is 0.158. The molecule has 0 aliphatic heterocycles. The molecule has 0 bridgehead atoms. The zero-order chi connectivity index (χ0) is 16.4. The van der Waals surface area contributed by atoms with Crippen molar-refractivity contribution >= 4 is 16.9 Å². The van der Waals surface area contributed by atoms with Crippen LogP contribution in [0.5, 0.6) is 0 Å². The number of aromatic nitrogens is 1. The van der Waals surface area contributed by atoms with Gasteiger partial charge >= 0.3 is 5.97 Å². The van der Waals surface area contributed by atoms with Crippen molar-refractivity contribution in [1.82, 2.24) is 4.57 Å². The highest BCUT2D eigenvalue weighted by Gasteiger charge is 2.12. The molecule has 3 rings (SSSR count). The topological polar surface area (TPSA) is 59.3 Å². The third kappa shape index (κ3) is 2.88. The molecule has 0 saturated carbocycles. The first kappa shape index (κ1) is 15.0. The van der Waals surface area contributed by atoms with E-state index in [2.05, 4.69) is 0 Å². The molecule has 0 saturated heterocycles. The summed E-state index contributed by atoms with van der Waals surface area (Å²) in [6.45, 7) is 2.43. The quantitative estimate of drug-likeness (QED) is 0.804. The van der Waals surface area contributed by atoms with Crippen molar-refractivity contribution < 1.29 is 9.90 Å². The third-order valence-electron chi connectivity index (χ3n) is 3.97. The Morgan fingerprint density at radius 2 is 1.83 bits per heavy atom. The molecule has 0 atom stereocenters. The van der Waals surface area contributed by atoms with Gasteiger partial charge in [-0.05, 0) is 41.1 Å². The summed E-state index contributed by atoms with van der Waals surface area (Å²) in [5.74, 6) is -0.956. The van der Waals surface area contributed by atoms with Gasteiger partial charge in [0, 0.05) is 6.07 Å². The van der Waals surface area contributed by atoms with Crippen LogP contribution in [0.3, 0.4) is 0 Å². The van der Waals surface area contributed by atoms with E-state index in [1.54, 1.807) is 22.8 Å². The van der Waals surface area contributed by atoms with Gasteiger partial charge < -0.3 is 9.67 Å². The van der Waals surface area contributed by atoms with E-state index < -0.39 is 5.97 Å². The zero-order valence-electron chi connectivity index (χ0n) is 12.8. The molecule has 23 heavy (non-hydrogen) atoms. The molecule has 0 aliphatic rings. The van der Waals surface area contributed by atoms with Crippen LogP contribution >= 0.6 is 0 Å². The van der Waals surface area contributed by atoms with Gasteiger partial charge in [-0.1, -0.05) is 37.3 Å². The number of fused-ring (bicyclic) bond motifs is 1. The van der Waals surface area contributed by atoms with Crippen molar-refractivity contribution in [3.8, 4) is 0 Å². The Balaban J connectivity index is 2.26. The van der Waals surface area contributed by atoms with Crippen molar-refractivity contribution in [2.75, 3.05) is 0 Å². The number of pyridine rings is 1. The van der Waals surface area contributed by atoms with Gasteiger partial charge in [-0.15, -0.1) is 0 Å². The number of nitrogens with zero attached hydrogens (tertiary/aromatic N) is 1. The molecule has 0 radical (unpaired) electrons. The highest BCUT2D eigenvalue weighted by molar-refractivity contribution is 5.95. The fourth-order valence-corrected chi connectivity index (χ4v) is 2.85. The smallest absolute Gasteiger partial charge is 0.335 e. The molecule has 2 aromatic carbocycles. The second-order valence-electron chi connectivity index (χ2n) is 5.48. The highest BCUT2D eigenvalue weighted by Crippen LogP contribution is 2.21. The van der Waals surface area contributed by atoms with E-state index in [1.165, 1.54) is 6.07 Å². The first-order chi connectivity index (χ1) is 11.1. The molecule has 0 amide bonds. The summed E-state index contributed by atoms with van der Waals surface area (Å²) in [5.41, 5.74) is 2.88. The van der Waals surface area contributed by atoms with Crippen LogP contribution in [0.1, 0.15) is 28.4 Å². The monoisotopic (exact) mass is 307 g/mol. The molecule has 4 heteroatoms. The first-order valence-electron chi connectivity index (χ1n) is 7.54. The predicted octanol–water partition coefficient (Wildman–Crippen LogP) is 3.31. The molecule has 3 aromatic rings.